The molecule has 3 N–H and O–H groups in total. The van der Waals surface area contributed by atoms with Gasteiger partial charge in [-0.25, -0.2) is 0 Å². The summed E-state index contributed by atoms with van der Waals surface area (Å²) in [7, 11) is 1.67. The van der Waals surface area contributed by atoms with Gasteiger partial charge in [-0.15, -0.1) is 0 Å². The number of nitrogens with one attached hydrogen (secondary N) is 1. The summed E-state index contributed by atoms with van der Waals surface area (Å²) >= 11 is 0. The highest BCUT2D eigenvalue weighted by atomic mass is 16.2. The number of amides is 1. The zero-order valence-electron chi connectivity index (χ0n) is 9.84. The number of nitrogens with zero attached hydrogens (tertiary/aromatic N) is 2. The minimum Gasteiger partial charge on any atom is -0.397 e. The molecule has 1 aromatic heterocycles. The summed E-state index contributed by atoms with van der Waals surface area (Å²) in [5, 5.41) is 8.71. The molecule has 2 rings (SSSR count). The van der Waals surface area contributed by atoms with Crippen LogP contribution >= 0.6 is 0 Å². The van der Waals surface area contributed by atoms with E-state index in [0.717, 1.165) is 0 Å². The van der Waals surface area contributed by atoms with Crippen molar-refractivity contribution in [2.24, 2.45) is 0 Å². The van der Waals surface area contributed by atoms with Gasteiger partial charge in [-0.05, 0) is 30.3 Å². The van der Waals surface area contributed by atoms with E-state index in [2.05, 4.69) is 4.98 Å². The maximum absolute atomic E-state index is 12.1. The predicted molar refractivity (Wildman–Crippen MR) is 69.1 cm³/mol. The molecular weight excluding hydrogens is 228 g/mol. The van der Waals surface area contributed by atoms with Crippen LogP contribution in [-0.2, 0) is 0 Å². The number of anilines is 2. The van der Waals surface area contributed by atoms with E-state index in [4.69, 9.17) is 11.0 Å². The molecule has 0 radical (unpaired) electrons. The van der Waals surface area contributed by atoms with Crippen molar-refractivity contribution in [2.75, 3.05) is 17.7 Å². The van der Waals surface area contributed by atoms with Crippen molar-refractivity contribution in [3.05, 3.63) is 47.8 Å². The van der Waals surface area contributed by atoms with E-state index in [9.17, 15) is 4.79 Å². The SMILES string of the molecule is CN(C(=O)c1cc(N)c[nH]1)c1ccc(C#N)cc1. The Kier molecular flexibility index (Phi) is 3.02. The van der Waals surface area contributed by atoms with E-state index in [1.54, 1.807) is 43.6 Å². The normalized spacial score (nSPS) is 9.78. The quantitative estimate of drug-likeness (QED) is 0.838. The topological polar surface area (TPSA) is 85.9 Å². The molecule has 0 unspecified atom stereocenters. The molecule has 0 atom stereocenters. The number of hydrogen-bond donors (Lipinski definition) is 2. The van der Waals surface area contributed by atoms with Crippen molar-refractivity contribution in [2.45, 2.75) is 0 Å². The molecular formula is C13H12N4O. The number of hydrogen-bond acceptors (Lipinski definition) is 3. The van der Waals surface area contributed by atoms with Crippen LogP contribution in [0.3, 0.4) is 0 Å². The Hall–Kier alpha value is -2.74. The van der Waals surface area contributed by atoms with Gasteiger partial charge in [0.2, 0.25) is 0 Å². The molecule has 0 aliphatic rings. The molecule has 0 saturated heterocycles. The van der Waals surface area contributed by atoms with Gasteiger partial charge in [-0.3, -0.25) is 4.79 Å². The number of H-pyrrole nitrogens is 1. The number of aromatic nitrogens is 1. The maximum Gasteiger partial charge on any atom is 0.274 e. The second-order valence-electron chi connectivity index (χ2n) is 3.87. The predicted octanol–water partition coefficient (Wildman–Crippen LogP) is 1.75. The summed E-state index contributed by atoms with van der Waals surface area (Å²) in [6.07, 6.45) is 1.57. The molecule has 0 bridgehead atoms. The minimum atomic E-state index is -0.184. The highest BCUT2D eigenvalue weighted by Gasteiger charge is 2.14. The van der Waals surface area contributed by atoms with Gasteiger partial charge >= 0.3 is 0 Å². The number of carbonyl (C=O) groups is 1. The first kappa shape index (κ1) is 11.7. The zero-order valence-corrected chi connectivity index (χ0v) is 9.84. The third kappa shape index (κ3) is 2.18. The van der Waals surface area contributed by atoms with Crippen LogP contribution in [-0.4, -0.2) is 17.9 Å². The fourth-order valence-corrected chi connectivity index (χ4v) is 1.59. The number of carbonyl (C=O) groups excluding carboxylic acids is 1. The smallest absolute Gasteiger partial charge is 0.274 e. The molecule has 2 aromatic rings. The number of aromatic amines is 1. The Morgan fingerprint density at radius 2 is 2.06 bits per heavy atom. The molecule has 0 spiro atoms. The van der Waals surface area contributed by atoms with Crippen LogP contribution in [0, 0.1) is 11.3 Å². The van der Waals surface area contributed by atoms with Crippen LogP contribution in [0.4, 0.5) is 11.4 Å². The number of nitrogens with two attached hydrogens (primary N) is 1. The first-order valence-corrected chi connectivity index (χ1v) is 5.34. The zero-order chi connectivity index (χ0) is 13.1. The molecule has 5 heteroatoms. The van der Waals surface area contributed by atoms with E-state index in [0.29, 0.717) is 22.6 Å². The van der Waals surface area contributed by atoms with Gasteiger partial charge in [-0.1, -0.05) is 0 Å². The Labute approximate surface area is 104 Å². The number of nitrogen functional groups attached to an aromatic ring is 1. The van der Waals surface area contributed by atoms with Crippen LogP contribution in [0.25, 0.3) is 0 Å². The Balaban J connectivity index is 2.23. The van der Waals surface area contributed by atoms with E-state index in [1.807, 2.05) is 6.07 Å². The van der Waals surface area contributed by atoms with Crippen LogP contribution in [0.15, 0.2) is 36.5 Å². The molecule has 0 aliphatic heterocycles. The van der Waals surface area contributed by atoms with Gasteiger partial charge in [0.15, 0.2) is 0 Å². The molecule has 5 nitrogen and oxygen atoms in total. The molecule has 0 aliphatic carbocycles. The number of nitriles is 1. The Morgan fingerprint density at radius 1 is 1.39 bits per heavy atom. The second kappa shape index (κ2) is 4.63. The average Bonchev–Trinajstić information content (AvgIpc) is 2.84. The summed E-state index contributed by atoms with van der Waals surface area (Å²) in [6, 6.07) is 10.4. The molecule has 90 valence electrons. The average molecular weight is 240 g/mol. The lowest BCUT2D eigenvalue weighted by Crippen LogP contribution is -2.26. The van der Waals surface area contributed by atoms with Crippen molar-refractivity contribution in [3.8, 4) is 6.07 Å². The summed E-state index contributed by atoms with van der Waals surface area (Å²) in [5.74, 6) is -0.184. The number of benzene rings is 1. The molecule has 18 heavy (non-hydrogen) atoms. The monoisotopic (exact) mass is 240 g/mol. The van der Waals surface area contributed by atoms with Gasteiger partial charge in [-0.2, -0.15) is 5.26 Å². The van der Waals surface area contributed by atoms with Crippen molar-refractivity contribution in [3.63, 3.8) is 0 Å². The largest absolute Gasteiger partial charge is 0.397 e. The summed E-state index contributed by atoms with van der Waals surface area (Å²) in [5.41, 5.74) is 7.78. The standard InChI is InChI=1S/C13H12N4O/c1-17(11-4-2-9(7-14)3-5-11)13(18)12-6-10(15)8-16-12/h2-6,8,16H,15H2,1H3. The minimum absolute atomic E-state index is 0.184. The van der Waals surface area contributed by atoms with Gasteiger partial charge in [0.1, 0.15) is 5.69 Å². The lowest BCUT2D eigenvalue weighted by atomic mass is 10.2. The fraction of sp³-hybridized carbons (Fsp3) is 0.0769. The highest BCUT2D eigenvalue weighted by molar-refractivity contribution is 6.05. The van der Waals surface area contributed by atoms with Gasteiger partial charge in [0, 0.05) is 24.6 Å². The second-order valence-corrected chi connectivity index (χ2v) is 3.87. The lowest BCUT2D eigenvalue weighted by molar-refractivity contribution is 0.0989. The van der Waals surface area contributed by atoms with Crippen LogP contribution in [0.1, 0.15) is 16.1 Å². The highest BCUT2D eigenvalue weighted by Crippen LogP contribution is 2.16. The van der Waals surface area contributed by atoms with Crippen molar-refractivity contribution in [1.82, 2.24) is 4.98 Å². The van der Waals surface area contributed by atoms with E-state index >= 15 is 0 Å². The van der Waals surface area contributed by atoms with Gasteiger partial charge < -0.3 is 15.6 Å². The summed E-state index contributed by atoms with van der Waals surface area (Å²) in [6.45, 7) is 0. The molecule has 1 amide bonds. The third-order valence-electron chi connectivity index (χ3n) is 2.62. The molecule has 0 fully saturated rings. The lowest BCUT2D eigenvalue weighted by Gasteiger charge is -2.16. The molecule has 1 aromatic carbocycles. The summed E-state index contributed by atoms with van der Waals surface area (Å²) in [4.78, 5) is 16.4. The van der Waals surface area contributed by atoms with Crippen molar-refractivity contribution in [1.29, 1.82) is 5.26 Å². The van der Waals surface area contributed by atoms with E-state index in [1.165, 1.54) is 4.90 Å². The Bertz CT molecular complexity index is 607. The fourth-order valence-electron chi connectivity index (χ4n) is 1.59. The van der Waals surface area contributed by atoms with Crippen LogP contribution in [0.2, 0.25) is 0 Å². The maximum atomic E-state index is 12.1. The summed E-state index contributed by atoms with van der Waals surface area (Å²) < 4.78 is 0. The number of rotatable bonds is 2. The van der Waals surface area contributed by atoms with E-state index in [-0.39, 0.29) is 5.91 Å². The first-order valence-electron chi connectivity index (χ1n) is 5.34. The van der Waals surface area contributed by atoms with Crippen LogP contribution < -0.4 is 10.6 Å². The van der Waals surface area contributed by atoms with Gasteiger partial charge in [0.25, 0.3) is 5.91 Å². The van der Waals surface area contributed by atoms with Gasteiger partial charge in [0.05, 0.1) is 11.6 Å². The van der Waals surface area contributed by atoms with Crippen LogP contribution in [0.5, 0.6) is 0 Å². The molecule has 1 heterocycles. The van der Waals surface area contributed by atoms with E-state index < -0.39 is 0 Å². The first-order chi connectivity index (χ1) is 8.61. The molecule has 0 saturated carbocycles. The third-order valence-corrected chi connectivity index (χ3v) is 2.62. The van der Waals surface area contributed by atoms with Crippen molar-refractivity contribution < 1.29 is 4.79 Å². The Morgan fingerprint density at radius 3 is 2.56 bits per heavy atom. The van der Waals surface area contributed by atoms with Crippen molar-refractivity contribution >= 4 is 17.3 Å².